The second kappa shape index (κ2) is 6.44. The maximum absolute atomic E-state index is 9.37. The van der Waals surface area contributed by atoms with Crippen molar-refractivity contribution in [1.82, 2.24) is 4.98 Å². The quantitative estimate of drug-likeness (QED) is 0.337. The number of benzene rings is 1. The molecule has 0 saturated heterocycles. The first-order chi connectivity index (χ1) is 9.72. The summed E-state index contributed by atoms with van der Waals surface area (Å²) in [5, 5.41) is 13.6. The zero-order chi connectivity index (χ0) is 14.5. The predicted octanol–water partition coefficient (Wildman–Crippen LogP) is 5.05. The lowest BCUT2D eigenvalue weighted by atomic mass is 10.0. The van der Waals surface area contributed by atoms with E-state index in [4.69, 9.17) is 5.53 Å². The first-order valence-electron chi connectivity index (χ1n) is 5.51. The second-order valence-electron chi connectivity index (χ2n) is 3.68. The summed E-state index contributed by atoms with van der Waals surface area (Å²) in [7, 11) is 0. The van der Waals surface area contributed by atoms with Crippen molar-refractivity contribution in [1.29, 1.82) is 5.26 Å². The molecular weight excluding hydrogens is 338 g/mol. The van der Waals surface area contributed by atoms with Gasteiger partial charge in [-0.15, -0.1) is 11.8 Å². The lowest BCUT2D eigenvalue weighted by molar-refractivity contribution is 1.09. The normalized spacial score (nSPS) is 9.65. The molecule has 7 heteroatoms. The minimum absolute atomic E-state index is 0.0985. The number of hydrogen-bond donors (Lipinski definition) is 0. The van der Waals surface area contributed by atoms with E-state index >= 15 is 0 Å². The highest BCUT2D eigenvalue weighted by Crippen LogP contribution is 2.40. The van der Waals surface area contributed by atoms with E-state index in [1.807, 2.05) is 36.6 Å². The third-order valence-corrected chi connectivity index (χ3v) is 4.31. The number of nitrogens with zero attached hydrogens (tertiary/aromatic N) is 5. The van der Waals surface area contributed by atoms with Crippen molar-refractivity contribution in [2.45, 2.75) is 5.03 Å². The highest BCUT2D eigenvalue weighted by Gasteiger charge is 2.18. The van der Waals surface area contributed by atoms with Gasteiger partial charge in [0.1, 0.15) is 16.9 Å². The van der Waals surface area contributed by atoms with Crippen LogP contribution in [0.1, 0.15) is 5.56 Å². The van der Waals surface area contributed by atoms with E-state index in [-0.39, 0.29) is 11.4 Å². The molecule has 0 atom stereocenters. The molecular formula is C13H8BrN5S. The summed E-state index contributed by atoms with van der Waals surface area (Å²) in [4.78, 5) is 6.95. The fourth-order valence-electron chi connectivity index (χ4n) is 1.76. The number of azide groups is 1. The molecule has 0 aliphatic carbocycles. The van der Waals surface area contributed by atoms with Gasteiger partial charge in [-0.3, -0.25) is 0 Å². The molecule has 1 aromatic heterocycles. The molecule has 20 heavy (non-hydrogen) atoms. The summed E-state index contributed by atoms with van der Waals surface area (Å²) in [6.07, 6.45) is 1.87. The molecule has 0 saturated carbocycles. The average molecular weight is 346 g/mol. The van der Waals surface area contributed by atoms with Gasteiger partial charge in [0, 0.05) is 10.5 Å². The molecule has 98 valence electrons. The minimum atomic E-state index is 0.0985. The minimum Gasteiger partial charge on any atom is -0.237 e. The third kappa shape index (κ3) is 2.63. The Morgan fingerprint density at radius 3 is 2.65 bits per heavy atom. The lowest BCUT2D eigenvalue weighted by Gasteiger charge is -2.12. The molecule has 0 aliphatic rings. The van der Waals surface area contributed by atoms with E-state index in [1.165, 1.54) is 11.8 Å². The van der Waals surface area contributed by atoms with Gasteiger partial charge in [-0.1, -0.05) is 30.3 Å². The monoisotopic (exact) mass is 345 g/mol. The molecule has 0 spiro atoms. The van der Waals surface area contributed by atoms with Crippen LogP contribution in [0.5, 0.6) is 0 Å². The zero-order valence-electron chi connectivity index (χ0n) is 10.4. The highest BCUT2D eigenvalue weighted by molar-refractivity contribution is 9.10. The van der Waals surface area contributed by atoms with Gasteiger partial charge >= 0.3 is 0 Å². The number of rotatable bonds is 3. The Morgan fingerprint density at radius 1 is 1.40 bits per heavy atom. The third-order valence-electron chi connectivity index (χ3n) is 2.60. The Hall–Kier alpha value is -2.00. The van der Waals surface area contributed by atoms with Gasteiger partial charge in [0.2, 0.25) is 0 Å². The second-order valence-corrected chi connectivity index (χ2v) is 5.26. The van der Waals surface area contributed by atoms with Crippen molar-refractivity contribution < 1.29 is 0 Å². The van der Waals surface area contributed by atoms with Gasteiger partial charge in [-0.25, -0.2) is 4.98 Å². The first kappa shape index (κ1) is 14.4. The summed E-state index contributed by atoms with van der Waals surface area (Å²) in [5.74, 6) is 0.0985. The number of hydrogen-bond acceptors (Lipinski definition) is 4. The highest BCUT2D eigenvalue weighted by atomic mass is 79.9. The number of halogens is 1. The van der Waals surface area contributed by atoms with Crippen LogP contribution in [0.25, 0.3) is 21.6 Å². The Bertz CT molecular complexity index is 733. The summed E-state index contributed by atoms with van der Waals surface area (Å²) < 4.78 is 0.727. The van der Waals surface area contributed by atoms with Crippen molar-refractivity contribution in [3.63, 3.8) is 0 Å². The summed E-state index contributed by atoms with van der Waals surface area (Å²) >= 11 is 4.90. The average Bonchev–Trinajstić information content (AvgIpc) is 2.49. The van der Waals surface area contributed by atoms with Crippen LogP contribution in [0.3, 0.4) is 0 Å². The number of nitriles is 1. The van der Waals surface area contributed by atoms with Crippen LogP contribution in [-0.2, 0) is 0 Å². The van der Waals surface area contributed by atoms with Crippen LogP contribution in [0.2, 0.25) is 0 Å². The summed E-state index contributed by atoms with van der Waals surface area (Å²) in [6, 6.07) is 11.5. The van der Waals surface area contributed by atoms with Crippen LogP contribution < -0.4 is 0 Å². The molecule has 0 N–H and O–H groups in total. The molecule has 0 fully saturated rings. The van der Waals surface area contributed by atoms with Crippen molar-refractivity contribution in [2.24, 2.45) is 5.11 Å². The Balaban J connectivity index is 2.87. The van der Waals surface area contributed by atoms with Gasteiger partial charge in [0.25, 0.3) is 0 Å². The van der Waals surface area contributed by atoms with Crippen molar-refractivity contribution in [3.8, 4) is 17.2 Å². The fourth-order valence-corrected chi connectivity index (χ4v) is 3.22. The first-order valence-corrected chi connectivity index (χ1v) is 7.52. The predicted molar refractivity (Wildman–Crippen MR) is 82.7 cm³/mol. The Labute approximate surface area is 128 Å². The lowest BCUT2D eigenvalue weighted by Crippen LogP contribution is -1.93. The largest absolute Gasteiger partial charge is 0.237 e. The molecule has 1 aromatic carbocycles. The maximum Gasteiger partial charge on any atom is 0.146 e. The van der Waals surface area contributed by atoms with Gasteiger partial charge in [0.15, 0.2) is 0 Å². The number of aromatic nitrogens is 1. The Kier molecular flexibility index (Phi) is 4.64. The van der Waals surface area contributed by atoms with Gasteiger partial charge in [-0.05, 0) is 38.4 Å². The van der Waals surface area contributed by atoms with Crippen LogP contribution in [0, 0.1) is 11.3 Å². The van der Waals surface area contributed by atoms with E-state index in [2.05, 4.69) is 37.0 Å². The fraction of sp³-hybridized carbons (Fsp3) is 0.0769. The van der Waals surface area contributed by atoms with E-state index < -0.39 is 0 Å². The van der Waals surface area contributed by atoms with Crippen molar-refractivity contribution >= 4 is 33.5 Å². The van der Waals surface area contributed by atoms with E-state index in [0.717, 1.165) is 10.0 Å². The van der Waals surface area contributed by atoms with Crippen molar-refractivity contribution in [3.05, 3.63) is 50.8 Å². The van der Waals surface area contributed by atoms with E-state index in [0.29, 0.717) is 10.6 Å². The van der Waals surface area contributed by atoms with Crippen LogP contribution >= 0.6 is 27.7 Å². The van der Waals surface area contributed by atoms with Crippen LogP contribution in [-0.4, -0.2) is 11.2 Å². The summed E-state index contributed by atoms with van der Waals surface area (Å²) in [6.45, 7) is 0. The molecule has 5 nitrogen and oxygen atoms in total. The van der Waals surface area contributed by atoms with Gasteiger partial charge < -0.3 is 0 Å². The molecule has 0 bridgehead atoms. The van der Waals surface area contributed by atoms with Crippen molar-refractivity contribution in [2.75, 3.05) is 6.26 Å². The number of thioether (sulfide) groups is 1. The zero-order valence-corrected chi connectivity index (χ0v) is 12.8. The van der Waals surface area contributed by atoms with Gasteiger partial charge in [-0.2, -0.15) is 5.26 Å². The molecule has 1 heterocycles. The van der Waals surface area contributed by atoms with Crippen LogP contribution in [0.4, 0.5) is 5.82 Å². The standard InChI is InChI=1S/C13H8BrN5S/c1-20-13-11(14)10(8-5-3-2-4-6-8)9(7-15)12(17-13)18-19-16/h2-6H,1H3. The van der Waals surface area contributed by atoms with E-state index in [1.54, 1.807) is 0 Å². The molecule has 0 aliphatic heterocycles. The smallest absolute Gasteiger partial charge is 0.146 e. The van der Waals surface area contributed by atoms with Gasteiger partial charge in [0.05, 0.1) is 10.0 Å². The molecule has 2 aromatic rings. The summed E-state index contributed by atoms with van der Waals surface area (Å²) in [5.41, 5.74) is 10.4. The SMILES string of the molecule is CSc1nc(N=[N+]=[N-])c(C#N)c(-c2ccccc2)c1Br. The van der Waals surface area contributed by atoms with Crippen LogP contribution in [0.15, 0.2) is 44.9 Å². The van der Waals surface area contributed by atoms with E-state index in [9.17, 15) is 5.26 Å². The molecule has 0 unspecified atom stereocenters. The Morgan fingerprint density at radius 2 is 2.10 bits per heavy atom. The number of pyridine rings is 1. The molecule has 0 radical (unpaired) electrons. The maximum atomic E-state index is 9.37. The molecule has 0 amide bonds. The topological polar surface area (TPSA) is 85.4 Å². The molecule has 2 rings (SSSR count).